The maximum absolute atomic E-state index is 15.1. The van der Waals surface area contributed by atoms with E-state index in [-0.39, 0.29) is 23.8 Å². The van der Waals surface area contributed by atoms with Crippen LogP contribution in [0.15, 0.2) is 54.0 Å². The monoisotopic (exact) mass is 434 g/mol. The van der Waals surface area contributed by atoms with Gasteiger partial charge in [0.2, 0.25) is 0 Å². The molecule has 3 aromatic rings. The second kappa shape index (κ2) is 7.19. The summed E-state index contributed by atoms with van der Waals surface area (Å²) in [5.74, 6) is 0.688. The smallest absolute Gasteiger partial charge is 0.283 e. The number of amidine groups is 1. The van der Waals surface area contributed by atoms with Crippen molar-refractivity contribution < 1.29 is 18.6 Å². The van der Waals surface area contributed by atoms with E-state index in [4.69, 9.17) is 19.9 Å². The molecule has 0 saturated heterocycles. The van der Waals surface area contributed by atoms with Gasteiger partial charge in [-0.25, -0.2) is 19.4 Å². The molecule has 0 radical (unpaired) electrons. The van der Waals surface area contributed by atoms with Crippen molar-refractivity contribution in [1.82, 2.24) is 9.97 Å². The molecule has 2 N–H and O–H groups in total. The quantitative estimate of drug-likeness (QED) is 0.657. The lowest BCUT2D eigenvalue weighted by Crippen LogP contribution is -2.31. The fraction of sp³-hybridized carbons (Fsp3) is 0.292. The number of fused-ring (bicyclic) bond motifs is 4. The molecule has 8 heteroatoms. The number of rotatable bonds is 3. The Balaban J connectivity index is 1.63. The zero-order valence-electron chi connectivity index (χ0n) is 18.1. The molecule has 3 heterocycles. The van der Waals surface area contributed by atoms with Crippen LogP contribution in [0.4, 0.5) is 4.39 Å². The lowest BCUT2D eigenvalue weighted by atomic mass is 9.80. The summed E-state index contributed by atoms with van der Waals surface area (Å²) in [6.07, 6.45) is 4.92. The van der Waals surface area contributed by atoms with Gasteiger partial charge in [0.05, 0.1) is 6.61 Å². The first-order valence-electron chi connectivity index (χ1n) is 10.3. The van der Waals surface area contributed by atoms with Crippen molar-refractivity contribution in [1.29, 1.82) is 0 Å². The second-order valence-electron chi connectivity index (χ2n) is 9.17. The number of aliphatic imine (C=N–C) groups is 1. The highest BCUT2D eigenvalue weighted by Crippen LogP contribution is 2.52. The molecule has 0 bridgehead atoms. The van der Waals surface area contributed by atoms with E-state index in [0.717, 1.165) is 16.7 Å². The van der Waals surface area contributed by atoms with Gasteiger partial charge in [-0.2, -0.15) is 0 Å². The average Bonchev–Trinajstić information content (AvgIpc) is 3.15. The van der Waals surface area contributed by atoms with Gasteiger partial charge in [-0.3, -0.25) is 0 Å². The molecular formula is C24H23FN4O3. The Morgan fingerprint density at radius 1 is 1.06 bits per heavy atom. The Morgan fingerprint density at radius 3 is 2.50 bits per heavy atom. The fourth-order valence-electron chi connectivity index (χ4n) is 3.89. The van der Waals surface area contributed by atoms with Crippen molar-refractivity contribution in [2.45, 2.75) is 26.3 Å². The van der Waals surface area contributed by atoms with E-state index in [9.17, 15) is 0 Å². The van der Waals surface area contributed by atoms with Crippen LogP contribution < -0.4 is 15.2 Å². The summed E-state index contributed by atoms with van der Waals surface area (Å²) in [5.41, 5.74) is 7.75. The zero-order valence-corrected chi connectivity index (χ0v) is 18.1. The zero-order chi connectivity index (χ0) is 22.5. The molecule has 0 saturated carbocycles. The van der Waals surface area contributed by atoms with Crippen LogP contribution in [0.1, 0.15) is 31.9 Å². The molecule has 32 heavy (non-hydrogen) atoms. The van der Waals surface area contributed by atoms with Crippen LogP contribution in [0.2, 0.25) is 0 Å². The van der Waals surface area contributed by atoms with Gasteiger partial charge < -0.3 is 19.9 Å². The van der Waals surface area contributed by atoms with E-state index >= 15 is 4.39 Å². The summed E-state index contributed by atoms with van der Waals surface area (Å²) >= 11 is 0. The molecule has 2 aromatic carbocycles. The lowest BCUT2D eigenvalue weighted by molar-refractivity contribution is 0.190. The van der Waals surface area contributed by atoms with Gasteiger partial charge in [0.25, 0.3) is 6.02 Å². The van der Waals surface area contributed by atoms with Crippen LogP contribution >= 0.6 is 0 Å². The third-order valence-corrected chi connectivity index (χ3v) is 5.41. The molecule has 164 valence electrons. The number of aromatic nitrogens is 2. The Kier molecular flexibility index (Phi) is 4.54. The minimum Gasteiger partial charge on any atom is -0.490 e. The first-order chi connectivity index (χ1) is 15.2. The topological polar surface area (TPSA) is 91.9 Å². The Morgan fingerprint density at radius 2 is 1.81 bits per heavy atom. The molecule has 5 rings (SSSR count). The van der Waals surface area contributed by atoms with Crippen LogP contribution in [-0.2, 0) is 10.3 Å². The van der Waals surface area contributed by atoms with Crippen molar-refractivity contribution in [3.8, 4) is 28.4 Å². The predicted molar refractivity (Wildman–Crippen MR) is 117 cm³/mol. The first-order valence-corrected chi connectivity index (χ1v) is 10.3. The highest BCUT2D eigenvalue weighted by atomic mass is 19.1. The maximum atomic E-state index is 15.1. The molecule has 0 fully saturated rings. The summed E-state index contributed by atoms with van der Waals surface area (Å²) in [4.78, 5) is 12.8. The van der Waals surface area contributed by atoms with E-state index in [1.165, 1.54) is 12.4 Å². The summed E-state index contributed by atoms with van der Waals surface area (Å²) in [5, 5.41) is 0. The second-order valence-corrected chi connectivity index (χ2v) is 9.17. The van der Waals surface area contributed by atoms with E-state index in [1.807, 2.05) is 39.0 Å². The number of benzene rings is 2. The number of ether oxygens (including phenoxy) is 3. The van der Waals surface area contributed by atoms with Gasteiger partial charge in [0.15, 0.2) is 17.1 Å². The van der Waals surface area contributed by atoms with E-state index < -0.39 is 11.4 Å². The largest absolute Gasteiger partial charge is 0.490 e. The predicted octanol–water partition coefficient (Wildman–Crippen LogP) is 4.40. The molecule has 1 atom stereocenters. The minimum absolute atomic E-state index is 0.0470. The summed E-state index contributed by atoms with van der Waals surface area (Å²) in [6, 6.07) is 8.73. The molecular weight excluding hydrogens is 411 g/mol. The molecule has 2 aliphatic heterocycles. The lowest BCUT2D eigenvalue weighted by Gasteiger charge is -2.34. The fourth-order valence-corrected chi connectivity index (χ4v) is 3.89. The molecule has 1 spiro atoms. The van der Waals surface area contributed by atoms with Crippen LogP contribution in [0.3, 0.4) is 0 Å². The molecule has 0 unspecified atom stereocenters. The van der Waals surface area contributed by atoms with E-state index in [2.05, 4.69) is 15.0 Å². The van der Waals surface area contributed by atoms with Gasteiger partial charge in [0, 0.05) is 35.2 Å². The van der Waals surface area contributed by atoms with Crippen molar-refractivity contribution in [3.63, 3.8) is 0 Å². The van der Waals surface area contributed by atoms with Gasteiger partial charge in [-0.05, 0) is 29.2 Å². The van der Waals surface area contributed by atoms with Gasteiger partial charge in [0.1, 0.15) is 24.4 Å². The van der Waals surface area contributed by atoms with E-state index in [0.29, 0.717) is 23.7 Å². The van der Waals surface area contributed by atoms with Crippen molar-refractivity contribution in [3.05, 3.63) is 66.0 Å². The standard InChI is InChI=1S/C24H23FN4O3/c1-23(2,3)11-30-21-8-20-17(7-18(21)25)24(12-31-22(26)29-24)16-6-14(4-5-19(16)32-20)15-9-27-13-28-10-15/h4-10,13H,11-12H2,1-3H3,(H2,26,29)/t24-/m0/s1. The van der Waals surface area contributed by atoms with Crippen molar-refractivity contribution in [2.75, 3.05) is 13.2 Å². The highest BCUT2D eigenvalue weighted by molar-refractivity contribution is 5.78. The average molecular weight is 434 g/mol. The summed E-state index contributed by atoms with van der Waals surface area (Å²) in [6.45, 7) is 6.56. The minimum atomic E-state index is -1.03. The van der Waals surface area contributed by atoms with Crippen molar-refractivity contribution in [2.24, 2.45) is 16.1 Å². The number of nitrogens with two attached hydrogens (primary N) is 1. The number of nitrogens with zero attached hydrogens (tertiary/aromatic N) is 3. The summed E-state index contributed by atoms with van der Waals surface area (Å²) < 4.78 is 32.6. The van der Waals surface area contributed by atoms with Gasteiger partial charge >= 0.3 is 0 Å². The molecule has 2 aliphatic rings. The number of hydrogen-bond donors (Lipinski definition) is 1. The molecule has 0 aliphatic carbocycles. The third-order valence-electron chi connectivity index (χ3n) is 5.41. The van der Waals surface area contributed by atoms with Crippen LogP contribution in [-0.4, -0.2) is 29.2 Å². The van der Waals surface area contributed by atoms with Crippen molar-refractivity contribution >= 4 is 6.02 Å². The normalized spacial score (nSPS) is 18.9. The van der Waals surface area contributed by atoms with E-state index in [1.54, 1.807) is 18.5 Å². The van der Waals surface area contributed by atoms with Crippen LogP contribution in [0.25, 0.3) is 11.1 Å². The van der Waals surface area contributed by atoms with Crippen LogP contribution in [0, 0.1) is 11.2 Å². The first kappa shape index (κ1) is 20.2. The third kappa shape index (κ3) is 3.41. The molecule has 0 amide bonds. The Bertz CT molecular complexity index is 1220. The number of hydrogen-bond acceptors (Lipinski definition) is 7. The van der Waals surface area contributed by atoms with Gasteiger partial charge in [-0.15, -0.1) is 0 Å². The summed E-state index contributed by atoms with van der Waals surface area (Å²) in [7, 11) is 0. The molecule has 7 nitrogen and oxygen atoms in total. The highest BCUT2D eigenvalue weighted by Gasteiger charge is 2.47. The van der Waals surface area contributed by atoms with Crippen LogP contribution in [0.5, 0.6) is 17.2 Å². The van der Waals surface area contributed by atoms with Gasteiger partial charge in [-0.1, -0.05) is 26.8 Å². The number of halogens is 1. The maximum Gasteiger partial charge on any atom is 0.283 e. The SMILES string of the molecule is CC(C)(C)COc1cc2c(cc1F)[C@]1(COC(N)=N1)c1cc(-c3cncnc3)ccc1O2. The Hall–Kier alpha value is -3.68. The molecule has 1 aromatic heterocycles. The Labute approximate surface area is 185 Å².